The van der Waals surface area contributed by atoms with Gasteiger partial charge in [-0.1, -0.05) is 31.3 Å². The van der Waals surface area contributed by atoms with Crippen molar-refractivity contribution in [1.29, 1.82) is 0 Å². The van der Waals surface area contributed by atoms with E-state index in [0.29, 0.717) is 36.1 Å². The van der Waals surface area contributed by atoms with Gasteiger partial charge in [0.2, 0.25) is 0 Å². The molecule has 3 rings (SSSR count). The van der Waals surface area contributed by atoms with Crippen LogP contribution in [0, 0.1) is 0 Å². The van der Waals surface area contributed by atoms with Gasteiger partial charge in [-0.05, 0) is 56.4 Å². The smallest absolute Gasteiger partial charge is 0.416 e. The fraction of sp³-hybridized carbons (Fsp3) is 0.391. The molecule has 0 fully saturated rings. The molecule has 1 aromatic heterocycles. The maximum Gasteiger partial charge on any atom is 0.416 e. The van der Waals surface area contributed by atoms with Crippen molar-refractivity contribution in [3.8, 4) is 5.75 Å². The van der Waals surface area contributed by atoms with Gasteiger partial charge in [-0.25, -0.2) is 4.98 Å². The van der Waals surface area contributed by atoms with Crippen molar-refractivity contribution in [3.05, 3.63) is 53.6 Å². The van der Waals surface area contributed by atoms with E-state index in [1.165, 1.54) is 28.4 Å². The van der Waals surface area contributed by atoms with Gasteiger partial charge in [0, 0.05) is 18.7 Å². The lowest BCUT2D eigenvalue weighted by Gasteiger charge is -2.25. The second-order valence-electron chi connectivity index (χ2n) is 7.12. The van der Waals surface area contributed by atoms with Crippen LogP contribution in [0.3, 0.4) is 0 Å². The number of alkyl halides is 3. The summed E-state index contributed by atoms with van der Waals surface area (Å²) < 4.78 is 45.9. The SMILES string of the molecule is CCOc1ccc2nc(N(CCN(CC)CC)C(=O)c3cccc(C(F)(F)F)c3)sc2c1.Cl. The summed E-state index contributed by atoms with van der Waals surface area (Å²) in [6.45, 7) is 8.98. The molecule has 5 nitrogen and oxygen atoms in total. The summed E-state index contributed by atoms with van der Waals surface area (Å²) >= 11 is 1.32. The summed E-state index contributed by atoms with van der Waals surface area (Å²) in [5.41, 5.74) is -0.163. The maximum absolute atomic E-state index is 13.3. The van der Waals surface area contributed by atoms with E-state index in [9.17, 15) is 18.0 Å². The summed E-state index contributed by atoms with van der Waals surface area (Å²) in [4.78, 5) is 21.5. The van der Waals surface area contributed by atoms with E-state index in [2.05, 4.69) is 9.88 Å². The normalized spacial score (nSPS) is 11.5. The van der Waals surface area contributed by atoms with Gasteiger partial charge < -0.3 is 9.64 Å². The molecule has 0 aliphatic carbocycles. The van der Waals surface area contributed by atoms with Crippen LogP contribution in [-0.2, 0) is 6.18 Å². The summed E-state index contributed by atoms with van der Waals surface area (Å²) in [7, 11) is 0. The molecule has 0 aliphatic heterocycles. The minimum absolute atomic E-state index is 0. The highest BCUT2D eigenvalue weighted by Gasteiger charge is 2.32. The number of amides is 1. The zero-order valence-corrected chi connectivity index (χ0v) is 20.3. The van der Waals surface area contributed by atoms with E-state index in [0.717, 1.165) is 29.9 Å². The van der Waals surface area contributed by atoms with E-state index in [1.54, 1.807) is 0 Å². The second-order valence-corrected chi connectivity index (χ2v) is 8.13. The predicted molar refractivity (Wildman–Crippen MR) is 129 cm³/mol. The highest BCUT2D eigenvalue weighted by Crippen LogP contribution is 2.33. The molecule has 0 bridgehead atoms. The first-order chi connectivity index (χ1) is 15.3. The molecule has 0 spiro atoms. The molecule has 10 heteroatoms. The van der Waals surface area contributed by atoms with Crippen LogP contribution in [0.15, 0.2) is 42.5 Å². The van der Waals surface area contributed by atoms with Gasteiger partial charge in [-0.3, -0.25) is 9.69 Å². The molecule has 0 atom stereocenters. The van der Waals surface area contributed by atoms with E-state index in [4.69, 9.17) is 4.74 Å². The number of aromatic nitrogens is 1. The quantitative estimate of drug-likeness (QED) is 0.354. The molecule has 0 radical (unpaired) electrons. The largest absolute Gasteiger partial charge is 0.494 e. The van der Waals surface area contributed by atoms with Crippen LogP contribution < -0.4 is 9.64 Å². The van der Waals surface area contributed by atoms with E-state index < -0.39 is 17.6 Å². The van der Waals surface area contributed by atoms with Crippen LogP contribution in [0.2, 0.25) is 0 Å². The first-order valence-corrected chi connectivity index (χ1v) is 11.3. The molecular weight excluding hydrogens is 475 g/mol. The zero-order valence-electron chi connectivity index (χ0n) is 18.7. The van der Waals surface area contributed by atoms with E-state index in [-0.39, 0.29) is 18.0 Å². The molecule has 0 saturated heterocycles. The van der Waals surface area contributed by atoms with Crippen molar-refractivity contribution >= 4 is 45.0 Å². The van der Waals surface area contributed by atoms with Crippen molar-refractivity contribution in [2.24, 2.45) is 0 Å². The van der Waals surface area contributed by atoms with E-state index >= 15 is 0 Å². The number of likely N-dealkylation sites (N-methyl/N-ethyl adjacent to an activating group) is 1. The molecule has 180 valence electrons. The van der Waals surface area contributed by atoms with Crippen molar-refractivity contribution in [1.82, 2.24) is 9.88 Å². The van der Waals surface area contributed by atoms with Gasteiger partial charge in [0.25, 0.3) is 5.91 Å². The lowest BCUT2D eigenvalue weighted by molar-refractivity contribution is -0.137. The average Bonchev–Trinajstić information content (AvgIpc) is 3.19. The number of ether oxygens (including phenoxy) is 1. The molecule has 3 aromatic rings. The topological polar surface area (TPSA) is 45.7 Å². The van der Waals surface area contributed by atoms with Crippen LogP contribution in [0.4, 0.5) is 18.3 Å². The molecule has 2 aromatic carbocycles. The Kier molecular flexibility index (Phi) is 9.51. The summed E-state index contributed by atoms with van der Waals surface area (Å²) in [5, 5.41) is 0.447. The number of fused-ring (bicyclic) bond motifs is 1. The van der Waals surface area contributed by atoms with Gasteiger partial charge in [0.05, 0.1) is 22.4 Å². The first-order valence-electron chi connectivity index (χ1n) is 10.5. The molecule has 1 heterocycles. The highest BCUT2D eigenvalue weighted by molar-refractivity contribution is 7.22. The fourth-order valence-corrected chi connectivity index (χ4v) is 4.33. The molecule has 1 amide bonds. The third-order valence-corrected chi connectivity index (χ3v) is 6.15. The lowest BCUT2D eigenvalue weighted by atomic mass is 10.1. The Morgan fingerprint density at radius 1 is 1.06 bits per heavy atom. The highest BCUT2D eigenvalue weighted by atomic mass is 35.5. The molecule has 0 saturated carbocycles. The summed E-state index contributed by atoms with van der Waals surface area (Å²) in [6.07, 6.45) is -4.52. The predicted octanol–water partition coefficient (Wildman–Crippen LogP) is 6.12. The number of halogens is 4. The van der Waals surface area contributed by atoms with Crippen LogP contribution >= 0.6 is 23.7 Å². The number of rotatable bonds is 9. The maximum atomic E-state index is 13.3. The Hall–Kier alpha value is -2.36. The van der Waals surface area contributed by atoms with Gasteiger partial charge in [0.1, 0.15) is 5.75 Å². The molecule has 0 N–H and O–H groups in total. The monoisotopic (exact) mass is 501 g/mol. The molecule has 0 unspecified atom stereocenters. The molecular formula is C23H27ClF3N3O2S. The summed E-state index contributed by atoms with van der Waals surface area (Å²) in [5.74, 6) is 0.196. The van der Waals surface area contributed by atoms with E-state index in [1.807, 2.05) is 39.0 Å². The van der Waals surface area contributed by atoms with Gasteiger partial charge >= 0.3 is 6.18 Å². The lowest BCUT2D eigenvalue weighted by Crippen LogP contribution is -2.39. The molecule has 33 heavy (non-hydrogen) atoms. The van der Waals surface area contributed by atoms with Crippen LogP contribution in [0.25, 0.3) is 10.2 Å². The van der Waals surface area contributed by atoms with Crippen LogP contribution in [0.1, 0.15) is 36.7 Å². The number of anilines is 1. The van der Waals surface area contributed by atoms with Crippen molar-refractivity contribution in [2.45, 2.75) is 26.9 Å². The third kappa shape index (κ3) is 6.59. The number of nitrogens with zero attached hydrogens (tertiary/aromatic N) is 3. The Bertz CT molecular complexity index is 1070. The number of thiazole rings is 1. The van der Waals surface area contributed by atoms with Crippen LogP contribution in [0.5, 0.6) is 5.75 Å². The Morgan fingerprint density at radius 3 is 2.42 bits per heavy atom. The van der Waals surface area contributed by atoms with Gasteiger partial charge in [0.15, 0.2) is 5.13 Å². The Morgan fingerprint density at radius 2 is 1.79 bits per heavy atom. The Labute approximate surface area is 201 Å². The first kappa shape index (κ1) is 26.9. The van der Waals surface area contributed by atoms with Crippen LogP contribution in [-0.4, -0.2) is 48.6 Å². The second kappa shape index (κ2) is 11.7. The average molecular weight is 502 g/mol. The Balaban J connectivity index is 0.00000385. The third-order valence-electron chi connectivity index (χ3n) is 5.11. The number of hydrogen-bond donors (Lipinski definition) is 0. The zero-order chi connectivity index (χ0) is 23.3. The minimum atomic E-state index is -4.52. The van der Waals surface area contributed by atoms with Crippen molar-refractivity contribution in [2.75, 3.05) is 37.7 Å². The number of hydrogen-bond acceptors (Lipinski definition) is 5. The standard InChI is InChI=1S/C23H26F3N3O2S.ClH/c1-4-28(5-2)12-13-29(21(30)16-8-7-9-17(14-16)23(24,25)26)22-27-19-11-10-18(31-6-3)15-20(19)32-22;/h7-11,14-15H,4-6,12-13H2,1-3H3;1H. The number of carbonyl (C=O) groups excluding carboxylic acids is 1. The minimum Gasteiger partial charge on any atom is -0.494 e. The molecule has 0 aliphatic rings. The van der Waals surface area contributed by atoms with Crippen molar-refractivity contribution < 1.29 is 22.7 Å². The van der Waals surface area contributed by atoms with Gasteiger partial charge in [-0.2, -0.15) is 13.2 Å². The number of benzene rings is 2. The number of carbonyl (C=O) groups is 1. The van der Waals surface area contributed by atoms with Crippen molar-refractivity contribution in [3.63, 3.8) is 0 Å². The summed E-state index contributed by atoms with van der Waals surface area (Å²) in [6, 6.07) is 10.0. The fourth-order valence-electron chi connectivity index (χ4n) is 3.31. The van der Waals surface area contributed by atoms with Gasteiger partial charge in [-0.15, -0.1) is 12.4 Å².